The second-order valence-corrected chi connectivity index (χ2v) is 4.15. The van der Waals surface area contributed by atoms with Crippen molar-refractivity contribution in [1.29, 1.82) is 0 Å². The first kappa shape index (κ1) is 13.7. The lowest BCUT2D eigenvalue weighted by molar-refractivity contribution is 0.435. The zero-order valence-electron chi connectivity index (χ0n) is 10.8. The van der Waals surface area contributed by atoms with Gasteiger partial charge in [-0.25, -0.2) is 0 Å². The Bertz CT molecular complexity index is 165. The quantitative estimate of drug-likeness (QED) is 0.534. The summed E-state index contributed by atoms with van der Waals surface area (Å²) in [6.45, 7) is 10.9. The van der Waals surface area contributed by atoms with E-state index in [2.05, 4.69) is 20.8 Å². The SMILES string of the molecule is CC.CCCC1=C(C)CC(CC)CC1. The van der Waals surface area contributed by atoms with Crippen LogP contribution in [-0.2, 0) is 0 Å². The van der Waals surface area contributed by atoms with Gasteiger partial charge in [0.05, 0.1) is 0 Å². The molecule has 0 bridgehead atoms. The molecule has 0 saturated heterocycles. The molecule has 0 heteroatoms. The van der Waals surface area contributed by atoms with Gasteiger partial charge in [-0.05, 0) is 38.5 Å². The fraction of sp³-hybridized carbons (Fsp3) is 0.857. The zero-order valence-corrected chi connectivity index (χ0v) is 10.8. The van der Waals surface area contributed by atoms with E-state index in [1.165, 1.54) is 38.5 Å². The van der Waals surface area contributed by atoms with E-state index >= 15 is 0 Å². The third kappa shape index (κ3) is 4.30. The molecular formula is C14H28. The highest BCUT2D eigenvalue weighted by Gasteiger charge is 2.15. The van der Waals surface area contributed by atoms with Gasteiger partial charge in [-0.1, -0.05) is 51.7 Å². The summed E-state index contributed by atoms with van der Waals surface area (Å²) < 4.78 is 0. The van der Waals surface area contributed by atoms with E-state index in [0.29, 0.717) is 0 Å². The second kappa shape index (κ2) is 8.08. The lowest BCUT2D eigenvalue weighted by Crippen LogP contribution is -2.08. The lowest BCUT2D eigenvalue weighted by atomic mass is 9.82. The Morgan fingerprint density at radius 1 is 1.21 bits per heavy atom. The van der Waals surface area contributed by atoms with Gasteiger partial charge in [0.2, 0.25) is 0 Å². The van der Waals surface area contributed by atoms with Gasteiger partial charge in [0.25, 0.3) is 0 Å². The molecule has 0 N–H and O–H groups in total. The van der Waals surface area contributed by atoms with Crippen LogP contribution in [0.2, 0.25) is 0 Å². The minimum atomic E-state index is 0.991. The summed E-state index contributed by atoms with van der Waals surface area (Å²) in [6, 6.07) is 0. The van der Waals surface area contributed by atoms with Crippen LogP contribution in [0, 0.1) is 5.92 Å². The van der Waals surface area contributed by atoms with E-state index in [1.54, 1.807) is 11.1 Å². The minimum absolute atomic E-state index is 0.991. The van der Waals surface area contributed by atoms with Crippen molar-refractivity contribution in [3.8, 4) is 0 Å². The maximum absolute atomic E-state index is 2.34. The van der Waals surface area contributed by atoms with Crippen molar-refractivity contribution in [1.82, 2.24) is 0 Å². The van der Waals surface area contributed by atoms with Gasteiger partial charge in [0, 0.05) is 0 Å². The van der Waals surface area contributed by atoms with Crippen molar-refractivity contribution in [3.63, 3.8) is 0 Å². The molecule has 1 atom stereocenters. The Labute approximate surface area is 90.8 Å². The fourth-order valence-corrected chi connectivity index (χ4v) is 2.26. The van der Waals surface area contributed by atoms with Crippen molar-refractivity contribution in [3.05, 3.63) is 11.1 Å². The Morgan fingerprint density at radius 2 is 1.86 bits per heavy atom. The van der Waals surface area contributed by atoms with E-state index in [-0.39, 0.29) is 0 Å². The van der Waals surface area contributed by atoms with Gasteiger partial charge in [-0.15, -0.1) is 0 Å². The standard InChI is InChI=1S/C12H22.C2H6/c1-4-6-12-8-7-11(5-2)9-10(12)3;1-2/h11H,4-9H2,1-3H3;1-2H3. The van der Waals surface area contributed by atoms with Crippen molar-refractivity contribution in [2.75, 3.05) is 0 Å². The summed E-state index contributed by atoms with van der Waals surface area (Å²) in [6.07, 6.45) is 8.26. The van der Waals surface area contributed by atoms with E-state index in [4.69, 9.17) is 0 Å². The highest BCUT2D eigenvalue weighted by atomic mass is 14.2. The maximum Gasteiger partial charge on any atom is -0.0292 e. The highest BCUT2D eigenvalue weighted by Crippen LogP contribution is 2.32. The van der Waals surface area contributed by atoms with Crippen LogP contribution in [-0.4, -0.2) is 0 Å². The first-order valence-corrected chi connectivity index (χ1v) is 6.45. The average molecular weight is 196 g/mol. The molecule has 1 aliphatic carbocycles. The van der Waals surface area contributed by atoms with Crippen molar-refractivity contribution in [2.24, 2.45) is 5.92 Å². The summed E-state index contributed by atoms with van der Waals surface area (Å²) >= 11 is 0. The van der Waals surface area contributed by atoms with Crippen molar-refractivity contribution >= 4 is 0 Å². The van der Waals surface area contributed by atoms with Crippen molar-refractivity contribution in [2.45, 2.75) is 73.1 Å². The molecule has 0 aromatic carbocycles. The van der Waals surface area contributed by atoms with Gasteiger partial charge < -0.3 is 0 Å². The van der Waals surface area contributed by atoms with Gasteiger partial charge >= 0.3 is 0 Å². The van der Waals surface area contributed by atoms with Crippen LogP contribution < -0.4 is 0 Å². The molecule has 1 unspecified atom stereocenters. The predicted molar refractivity (Wildman–Crippen MR) is 66.6 cm³/mol. The van der Waals surface area contributed by atoms with Gasteiger partial charge in [-0.3, -0.25) is 0 Å². The summed E-state index contributed by atoms with van der Waals surface area (Å²) in [5.74, 6) is 0.991. The summed E-state index contributed by atoms with van der Waals surface area (Å²) in [5.41, 5.74) is 3.47. The summed E-state index contributed by atoms with van der Waals surface area (Å²) in [5, 5.41) is 0. The first-order chi connectivity index (χ1) is 6.77. The number of rotatable bonds is 3. The molecule has 84 valence electrons. The smallest absolute Gasteiger partial charge is 0.0292 e. The van der Waals surface area contributed by atoms with E-state index in [9.17, 15) is 0 Å². The molecule has 1 aliphatic rings. The van der Waals surface area contributed by atoms with Crippen molar-refractivity contribution < 1.29 is 0 Å². The number of hydrogen-bond donors (Lipinski definition) is 0. The monoisotopic (exact) mass is 196 g/mol. The molecule has 0 aromatic rings. The number of allylic oxidation sites excluding steroid dienone is 2. The number of hydrogen-bond acceptors (Lipinski definition) is 0. The largest absolute Gasteiger partial charge is 0.0738 e. The van der Waals surface area contributed by atoms with Crippen LogP contribution in [0.1, 0.15) is 73.1 Å². The third-order valence-corrected chi connectivity index (χ3v) is 3.18. The third-order valence-electron chi connectivity index (χ3n) is 3.18. The van der Waals surface area contributed by atoms with Crippen LogP contribution in [0.4, 0.5) is 0 Å². The summed E-state index contributed by atoms with van der Waals surface area (Å²) in [7, 11) is 0. The Balaban J connectivity index is 0.000000791. The lowest BCUT2D eigenvalue weighted by Gasteiger charge is -2.24. The van der Waals surface area contributed by atoms with Crippen LogP contribution >= 0.6 is 0 Å². The van der Waals surface area contributed by atoms with Gasteiger partial charge in [0.1, 0.15) is 0 Å². The molecule has 0 heterocycles. The normalized spacial score (nSPS) is 21.6. The molecule has 0 radical (unpaired) electrons. The molecule has 0 nitrogen and oxygen atoms in total. The minimum Gasteiger partial charge on any atom is -0.0738 e. The van der Waals surface area contributed by atoms with Crippen LogP contribution in [0.25, 0.3) is 0 Å². The molecule has 0 aliphatic heterocycles. The Morgan fingerprint density at radius 3 is 2.29 bits per heavy atom. The molecule has 14 heavy (non-hydrogen) atoms. The van der Waals surface area contributed by atoms with Crippen LogP contribution in [0.3, 0.4) is 0 Å². The predicted octanol–water partition coefficient (Wildman–Crippen LogP) is 5.34. The topological polar surface area (TPSA) is 0 Å². The summed E-state index contributed by atoms with van der Waals surface area (Å²) in [4.78, 5) is 0. The average Bonchev–Trinajstić information content (AvgIpc) is 2.24. The van der Waals surface area contributed by atoms with E-state index in [0.717, 1.165) is 5.92 Å². The zero-order chi connectivity index (χ0) is 11.0. The van der Waals surface area contributed by atoms with E-state index < -0.39 is 0 Å². The Kier molecular flexibility index (Phi) is 7.93. The van der Waals surface area contributed by atoms with Crippen LogP contribution in [0.15, 0.2) is 11.1 Å². The Hall–Kier alpha value is -0.260. The first-order valence-electron chi connectivity index (χ1n) is 6.45. The van der Waals surface area contributed by atoms with Gasteiger partial charge in [-0.2, -0.15) is 0 Å². The molecular weight excluding hydrogens is 168 g/mol. The molecule has 0 fully saturated rings. The fourth-order valence-electron chi connectivity index (χ4n) is 2.26. The molecule has 1 rings (SSSR count). The molecule has 0 aromatic heterocycles. The molecule has 0 spiro atoms. The maximum atomic E-state index is 2.34. The van der Waals surface area contributed by atoms with Crippen LogP contribution in [0.5, 0.6) is 0 Å². The second-order valence-electron chi connectivity index (χ2n) is 4.15. The van der Waals surface area contributed by atoms with Gasteiger partial charge in [0.15, 0.2) is 0 Å². The molecule has 0 saturated carbocycles. The van der Waals surface area contributed by atoms with E-state index in [1.807, 2.05) is 13.8 Å². The molecule has 0 amide bonds. The highest BCUT2D eigenvalue weighted by molar-refractivity contribution is 5.15.